The van der Waals surface area contributed by atoms with E-state index in [0.717, 1.165) is 9.86 Å². The lowest BCUT2D eigenvalue weighted by atomic mass is 10.1. The van der Waals surface area contributed by atoms with Gasteiger partial charge < -0.3 is 9.52 Å². The van der Waals surface area contributed by atoms with Gasteiger partial charge in [0.05, 0.1) is 5.69 Å². The molecule has 3 aromatic rings. The Morgan fingerprint density at radius 3 is 2.75 bits per heavy atom. The Morgan fingerprint density at radius 2 is 2.00 bits per heavy atom. The SMILES string of the molecule is OC(c1cc2cc(Cl)ccc2o1)c1ncc(Br)cc1Br. The van der Waals surface area contributed by atoms with E-state index in [9.17, 15) is 5.11 Å². The molecule has 3 rings (SSSR count). The number of fused-ring (bicyclic) bond motifs is 1. The molecule has 0 aliphatic carbocycles. The van der Waals surface area contributed by atoms with Crippen LogP contribution in [0.15, 0.2) is 49.9 Å². The second-order valence-electron chi connectivity index (χ2n) is 4.25. The van der Waals surface area contributed by atoms with Crippen LogP contribution in [0.3, 0.4) is 0 Å². The molecule has 1 aromatic carbocycles. The number of nitrogens with zero attached hydrogens (tertiary/aromatic N) is 1. The van der Waals surface area contributed by atoms with Crippen molar-refractivity contribution in [3.8, 4) is 0 Å². The van der Waals surface area contributed by atoms with Gasteiger partial charge in [-0.1, -0.05) is 11.6 Å². The first-order chi connectivity index (χ1) is 9.54. The van der Waals surface area contributed by atoms with Crippen LogP contribution in [-0.2, 0) is 0 Å². The Morgan fingerprint density at radius 1 is 1.20 bits per heavy atom. The third kappa shape index (κ3) is 2.63. The number of furan rings is 1. The minimum atomic E-state index is -0.941. The molecular weight excluding hydrogens is 409 g/mol. The summed E-state index contributed by atoms with van der Waals surface area (Å²) in [4.78, 5) is 4.21. The minimum Gasteiger partial charge on any atom is -0.458 e. The Bertz CT molecular complexity index is 788. The zero-order valence-corrected chi connectivity index (χ0v) is 13.9. The zero-order chi connectivity index (χ0) is 14.3. The summed E-state index contributed by atoms with van der Waals surface area (Å²) in [6.45, 7) is 0. The molecule has 0 radical (unpaired) electrons. The molecule has 0 amide bonds. The van der Waals surface area contributed by atoms with Gasteiger partial charge in [-0.25, -0.2) is 0 Å². The maximum absolute atomic E-state index is 10.4. The number of pyridine rings is 1. The molecule has 2 aromatic heterocycles. The fourth-order valence-corrected chi connectivity index (χ4v) is 3.32. The van der Waals surface area contributed by atoms with Crippen molar-refractivity contribution >= 4 is 54.4 Å². The molecule has 20 heavy (non-hydrogen) atoms. The predicted octanol–water partition coefficient (Wildman–Crippen LogP) is 5.09. The first-order valence-corrected chi connectivity index (χ1v) is 7.69. The number of rotatable bonds is 2. The molecule has 0 fully saturated rings. The van der Waals surface area contributed by atoms with E-state index in [-0.39, 0.29) is 0 Å². The van der Waals surface area contributed by atoms with Crippen molar-refractivity contribution in [3.63, 3.8) is 0 Å². The van der Waals surface area contributed by atoms with Crippen LogP contribution in [-0.4, -0.2) is 10.1 Å². The van der Waals surface area contributed by atoms with Crippen LogP contribution < -0.4 is 0 Å². The summed E-state index contributed by atoms with van der Waals surface area (Å²) in [6, 6.07) is 8.91. The Hall–Kier alpha value is -0.880. The standard InChI is InChI=1S/C14H8Br2ClNO2/c15-8-5-10(16)13(18-6-8)14(19)12-4-7-3-9(17)1-2-11(7)20-12/h1-6,14,19H. The summed E-state index contributed by atoms with van der Waals surface area (Å²) in [5, 5.41) is 11.9. The van der Waals surface area contributed by atoms with Crippen molar-refractivity contribution in [3.05, 3.63) is 62.0 Å². The van der Waals surface area contributed by atoms with Gasteiger partial charge in [-0.3, -0.25) is 4.98 Å². The molecule has 3 nitrogen and oxygen atoms in total. The van der Waals surface area contributed by atoms with Gasteiger partial charge in [0, 0.05) is 25.6 Å². The van der Waals surface area contributed by atoms with E-state index in [4.69, 9.17) is 16.0 Å². The Balaban J connectivity index is 2.05. The van der Waals surface area contributed by atoms with Crippen molar-refractivity contribution in [2.24, 2.45) is 0 Å². The average Bonchev–Trinajstić information content (AvgIpc) is 2.81. The van der Waals surface area contributed by atoms with Crippen LogP contribution >= 0.6 is 43.5 Å². The van der Waals surface area contributed by atoms with Gasteiger partial charge in [0.1, 0.15) is 11.3 Å². The number of halogens is 3. The second-order valence-corrected chi connectivity index (χ2v) is 6.46. The summed E-state index contributed by atoms with van der Waals surface area (Å²) in [6.07, 6.45) is 0.687. The molecule has 1 unspecified atom stereocenters. The zero-order valence-electron chi connectivity index (χ0n) is 9.98. The van der Waals surface area contributed by atoms with Crippen molar-refractivity contribution in [1.82, 2.24) is 4.98 Å². The molecule has 6 heteroatoms. The third-order valence-electron chi connectivity index (χ3n) is 2.86. The quantitative estimate of drug-likeness (QED) is 0.632. The van der Waals surface area contributed by atoms with E-state index in [2.05, 4.69) is 36.8 Å². The molecule has 0 spiro atoms. The molecule has 2 heterocycles. The Labute approximate surface area is 136 Å². The van der Waals surface area contributed by atoms with Crippen molar-refractivity contribution in [2.45, 2.75) is 6.10 Å². The molecule has 102 valence electrons. The van der Waals surface area contributed by atoms with Gasteiger partial charge >= 0.3 is 0 Å². The summed E-state index contributed by atoms with van der Waals surface area (Å²) < 4.78 is 7.18. The number of hydrogen-bond acceptors (Lipinski definition) is 3. The number of aliphatic hydroxyl groups is 1. The maximum atomic E-state index is 10.4. The monoisotopic (exact) mass is 415 g/mol. The number of aromatic nitrogens is 1. The molecule has 0 saturated carbocycles. The highest BCUT2D eigenvalue weighted by Crippen LogP contribution is 2.32. The van der Waals surface area contributed by atoms with E-state index in [1.807, 2.05) is 6.07 Å². The average molecular weight is 417 g/mol. The molecule has 1 N–H and O–H groups in total. The summed E-state index contributed by atoms with van der Waals surface area (Å²) >= 11 is 12.6. The normalized spacial score (nSPS) is 12.8. The molecule has 0 saturated heterocycles. The lowest BCUT2D eigenvalue weighted by molar-refractivity contribution is 0.187. The van der Waals surface area contributed by atoms with E-state index in [1.54, 1.807) is 30.5 Å². The third-order valence-corrected chi connectivity index (χ3v) is 4.17. The summed E-state index contributed by atoms with van der Waals surface area (Å²) in [5.41, 5.74) is 1.18. The summed E-state index contributed by atoms with van der Waals surface area (Å²) in [5.74, 6) is 0.429. The molecule has 0 aliphatic heterocycles. The smallest absolute Gasteiger partial charge is 0.155 e. The number of aliphatic hydroxyl groups excluding tert-OH is 1. The van der Waals surface area contributed by atoms with E-state index in [0.29, 0.717) is 26.5 Å². The number of benzene rings is 1. The van der Waals surface area contributed by atoms with Crippen LogP contribution in [0.2, 0.25) is 5.02 Å². The van der Waals surface area contributed by atoms with Crippen LogP contribution in [0.1, 0.15) is 17.6 Å². The van der Waals surface area contributed by atoms with Crippen molar-refractivity contribution in [1.29, 1.82) is 0 Å². The highest BCUT2D eigenvalue weighted by atomic mass is 79.9. The minimum absolute atomic E-state index is 0.429. The van der Waals surface area contributed by atoms with E-state index in [1.165, 1.54) is 0 Å². The van der Waals surface area contributed by atoms with Crippen molar-refractivity contribution in [2.75, 3.05) is 0 Å². The first kappa shape index (κ1) is 14.1. The van der Waals surface area contributed by atoms with Crippen LogP contribution in [0.4, 0.5) is 0 Å². The maximum Gasteiger partial charge on any atom is 0.155 e. The lowest BCUT2D eigenvalue weighted by Crippen LogP contribution is -2.02. The fourth-order valence-electron chi connectivity index (χ4n) is 1.93. The molecule has 1 atom stereocenters. The van der Waals surface area contributed by atoms with E-state index < -0.39 is 6.10 Å². The van der Waals surface area contributed by atoms with Crippen molar-refractivity contribution < 1.29 is 9.52 Å². The number of hydrogen-bond donors (Lipinski definition) is 1. The fraction of sp³-hybridized carbons (Fsp3) is 0.0714. The predicted molar refractivity (Wildman–Crippen MR) is 84.9 cm³/mol. The second kappa shape index (κ2) is 5.48. The first-order valence-electron chi connectivity index (χ1n) is 5.72. The molecule has 0 bridgehead atoms. The molecule has 0 aliphatic rings. The van der Waals surface area contributed by atoms with Gasteiger partial charge in [0.25, 0.3) is 0 Å². The summed E-state index contributed by atoms with van der Waals surface area (Å²) in [7, 11) is 0. The van der Waals surface area contributed by atoms with Gasteiger partial charge in [-0.15, -0.1) is 0 Å². The van der Waals surface area contributed by atoms with E-state index >= 15 is 0 Å². The molecular formula is C14H8Br2ClNO2. The Kier molecular flexibility index (Phi) is 3.86. The van der Waals surface area contributed by atoms with Crippen LogP contribution in [0.25, 0.3) is 11.0 Å². The lowest BCUT2D eigenvalue weighted by Gasteiger charge is -2.09. The topological polar surface area (TPSA) is 46.3 Å². The van der Waals surface area contributed by atoms with Gasteiger partial charge in [0.2, 0.25) is 0 Å². The highest BCUT2D eigenvalue weighted by Gasteiger charge is 2.19. The van der Waals surface area contributed by atoms with Crippen LogP contribution in [0, 0.1) is 0 Å². The van der Waals surface area contributed by atoms with Gasteiger partial charge in [0.15, 0.2) is 6.10 Å². The van der Waals surface area contributed by atoms with Gasteiger partial charge in [-0.05, 0) is 62.2 Å². The largest absolute Gasteiger partial charge is 0.458 e. The van der Waals surface area contributed by atoms with Crippen LogP contribution in [0.5, 0.6) is 0 Å². The highest BCUT2D eigenvalue weighted by molar-refractivity contribution is 9.11. The van der Waals surface area contributed by atoms with Gasteiger partial charge in [-0.2, -0.15) is 0 Å².